The first-order valence-corrected chi connectivity index (χ1v) is 9.67. The number of guanidine groups is 1. The molecule has 1 aromatic heterocycles. The minimum atomic E-state index is 0.171. The summed E-state index contributed by atoms with van der Waals surface area (Å²) in [4.78, 5) is 16.3. The van der Waals surface area contributed by atoms with Crippen LogP contribution in [0.5, 0.6) is 0 Å². The van der Waals surface area contributed by atoms with Gasteiger partial charge in [0.1, 0.15) is 5.76 Å². The molecule has 0 spiro atoms. The van der Waals surface area contributed by atoms with Gasteiger partial charge in [-0.1, -0.05) is 30.3 Å². The summed E-state index contributed by atoms with van der Waals surface area (Å²) in [5.41, 5.74) is 1.29. The van der Waals surface area contributed by atoms with Crippen LogP contribution in [0.1, 0.15) is 24.2 Å². The van der Waals surface area contributed by atoms with E-state index >= 15 is 0 Å². The number of nitrogens with one attached hydrogen (secondary N) is 3. The third kappa shape index (κ3) is 7.17. The molecule has 27 heavy (non-hydrogen) atoms. The van der Waals surface area contributed by atoms with Crippen molar-refractivity contribution in [2.45, 2.75) is 25.7 Å². The van der Waals surface area contributed by atoms with E-state index in [9.17, 15) is 4.79 Å². The Morgan fingerprint density at radius 1 is 0.963 bits per heavy atom. The number of hydrogen-bond donors (Lipinski definition) is 3. The van der Waals surface area contributed by atoms with Crippen LogP contribution in [0.3, 0.4) is 0 Å². The van der Waals surface area contributed by atoms with E-state index in [1.807, 2.05) is 18.2 Å². The van der Waals surface area contributed by atoms with Gasteiger partial charge in [-0.2, -0.15) is 0 Å². The molecule has 6 nitrogen and oxygen atoms in total. The summed E-state index contributed by atoms with van der Waals surface area (Å²) in [5.74, 6) is 2.11. The molecule has 0 atom stereocenters. The Hall–Kier alpha value is -2.76. The van der Waals surface area contributed by atoms with E-state index in [0.717, 1.165) is 43.9 Å². The summed E-state index contributed by atoms with van der Waals surface area (Å²) in [7, 11) is 0. The maximum Gasteiger partial charge on any atom is 0.223 e. The van der Waals surface area contributed by atoms with Crippen LogP contribution in [0.15, 0.2) is 58.1 Å². The van der Waals surface area contributed by atoms with Gasteiger partial charge < -0.3 is 20.4 Å². The lowest BCUT2D eigenvalue weighted by Gasteiger charge is -2.13. The fourth-order valence-corrected chi connectivity index (χ4v) is 2.73. The maximum atomic E-state index is 11.7. The predicted molar refractivity (Wildman–Crippen MR) is 107 cm³/mol. The summed E-state index contributed by atoms with van der Waals surface area (Å²) in [6, 6.07) is 14.2. The van der Waals surface area contributed by atoms with Gasteiger partial charge in [0.25, 0.3) is 0 Å². The highest BCUT2D eigenvalue weighted by molar-refractivity contribution is 5.81. The molecule has 1 amide bonds. The van der Waals surface area contributed by atoms with Gasteiger partial charge in [0.15, 0.2) is 5.96 Å². The molecule has 2 aromatic rings. The van der Waals surface area contributed by atoms with Gasteiger partial charge >= 0.3 is 0 Å². The first kappa shape index (κ1) is 19.0. The van der Waals surface area contributed by atoms with E-state index in [1.54, 1.807) is 6.26 Å². The number of carbonyl (C=O) groups is 1. The zero-order chi connectivity index (χ0) is 18.7. The Bertz CT molecular complexity index is 709. The average Bonchev–Trinajstić information content (AvgIpc) is 3.42. The Labute approximate surface area is 160 Å². The Kier molecular flexibility index (Phi) is 7.33. The zero-order valence-corrected chi connectivity index (χ0v) is 15.6. The number of rotatable bonds is 10. The Morgan fingerprint density at radius 3 is 2.48 bits per heavy atom. The molecule has 0 bridgehead atoms. The molecule has 1 saturated carbocycles. The summed E-state index contributed by atoms with van der Waals surface area (Å²) >= 11 is 0. The molecule has 1 aliphatic carbocycles. The Morgan fingerprint density at radius 2 is 1.74 bits per heavy atom. The molecule has 1 aliphatic rings. The Balaban J connectivity index is 1.42. The normalized spacial score (nSPS) is 14.0. The van der Waals surface area contributed by atoms with Crippen LogP contribution in [0.4, 0.5) is 0 Å². The third-order valence-electron chi connectivity index (χ3n) is 4.42. The van der Waals surface area contributed by atoms with Gasteiger partial charge in [-0.05, 0) is 37.0 Å². The molecular weight excluding hydrogens is 340 g/mol. The molecule has 1 heterocycles. The van der Waals surface area contributed by atoms with Crippen LogP contribution < -0.4 is 16.0 Å². The first-order chi connectivity index (χ1) is 13.3. The fraction of sp³-hybridized carbons (Fsp3) is 0.429. The lowest BCUT2D eigenvalue weighted by Crippen LogP contribution is -2.42. The number of hydrogen-bond acceptors (Lipinski definition) is 3. The van der Waals surface area contributed by atoms with E-state index in [2.05, 4.69) is 45.2 Å². The molecule has 0 radical (unpaired) electrons. The van der Waals surface area contributed by atoms with E-state index in [1.165, 1.54) is 5.56 Å². The smallest absolute Gasteiger partial charge is 0.223 e. The largest absolute Gasteiger partial charge is 0.469 e. The quantitative estimate of drug-likeness (QED) is 0.341. The van der Waals surface area contributed by atoms with Crippen LogP contribution >= 0.6 is 0 Å². The van der Waals surface area contributed by atoms with Crippen molar-refractivity contribution < 1.29 is 9.21 Å². The van der Waals surface area contributed by atoms with Crippen molar-refractivity contribution >= 4 is 11.9 Å². The average molecular weight is 368 g/mol. The summed E-state index contributed by atoms with van der Waals surface area (Å²) < 4.78 is 5.35. The molecule has 0 unspecified atom stereocenters. The number of furan rings is 1. The molecule has 1 fully saturated rings. The minimum Gasteiger partial charge on any atom is -0.469 e. The van der Waals surface area contributed by atoms with Gasteiger partial charge in [0, 0.05) is 38.5 Å². The van der Waals surface area contributed by atoms with Gasteiger partial charge in [-0.3, -0.25) is 9.79 Å². The van der Waals surface area contributed by atoms with Crippen molar-refractivity contribution in [3.05, 3.63) is 60.1 Å². The molecule has 3 N–H and O–H groups in total. The first-order valence-electron chi connectivity index (χ1n) is 9.67. The second-order valence-corrected chi connectivity index (χ2v) is 6.71. The van der Waals surface area contributed by atoms with Crippen LogP contribution in [0.2, 0.25) is 0 Å². The van der Waals surface area contributed by atoms with E-state index in [4.69, 9.17) is 4.42 Å². The molecule has 0 aliphatic heterocycles. The molecule has 6 heteroatoms. The maximum absolute atomic E-state index is 11.7. The van der Waals surface area contributed by atoms with Crippen molar-refractivity contribution in [2.75, 3.05) is 26.2 Å². The lowest BCUT2D eigenvalue weighted by molar-refractivity contribution is -0.122. The molecule has 1 aromatic carbocycles. The highest BCUT2D eigenvalue weighted by Crippen LogP contribution is 2.28. The predicted octanol–water partition coefficient (Wildman–Crippen LogP) is 2.13. The van der Waals surface area contributed by atoms with Gasteiger partial charge in [0.2, 0.25) is 5.91 Å². The topological polar surface area (TPSA) is 78.7 Å². The summed E-state index contributed by atoms with van der Waals surface area (Å²) in [5, 5.41) is 9.62. The summed E-state index contributed by atoms with van der Waals surface area (Å²) in [6.45, 7) is 2.69. The molecular formula is C21H28N4O2. The summed E-state index contributed by atoms with van der Waals surface area (Å²) in [6.07, 6.45) is 5.42. The van der Waals surface area contributed by atoms with Crippen LogP contribution in [0.25, 0.3) is 0 Å². The van der Waals surface area contributed by atoms with Crippen molar-refractivity contribution in [2.24, 2.45) is 10.9 Å². The zero-order valence-electron chi connectivity index (χ0n) is 15.6. The van der Waals surface area contributed by atoms with E-state index in [0.29, 0.717) is 19.6 Å². The fourth-order valence-electron chi connectivity index (χ4n) is 2.73. The van der Waals surface area contributed by atoms with Crippen molar-refractivity contribution in [3.8, 4) is 0 Å². The number of amides is 1. The van der Waals surface area contributed by atoms with E-state index < -0.39 is 0 Å². The molecule has 0 saturated heterocycles. The van der Waals surface area contributed by atoms with E-state index in [-0.39, 0.29) is 11.8 Å². The second kappa shape index (κ2) is 10.4. The third-order valence-corrected chi connectivity index (χ3v) is 4.42. The highest BCUT2D eigenvalue weighted by atomic mass is 16.3. The lowest BCUT2D eigenvalue weighted by atomic mass is 10.1. The molecule has 144 valence electrons. The van der Waals surface area contributed by atoms with Crippen molar-refractivity contribution in [1.29, 1.82) is 0 Å². The molecule has 3 rings (SSSR count). The SMILES string of the molecule is O=C(NCCNC(=NCCc1ccco1)NCCc1ccccc1)C1CC1. The standard InChI is InChI=1S/C21H28N4O2/c26-20(18-8-9-18)22-14-15-25-21(24-13-11-19-7-4-16-27-19)23-12-10-17-5-2-1-3-6-17/h1-7,16,18H,8-15H2,(H,22,26)(H2,23,24,25). The monoisotopic (exact) mass is 368 g/mol. The van der Waals surface area contributed by atoms with Gasteiger partial charge in [-0.25, -0.2) is 0 Å². The number of carbonyl (C=O) groups excluding carboxylic acids is 1. The number of aliphatic imine (C=N–C) groups is 1. The van der Waals surface area contributed by atoms with Gasteiger partial charge in [-0.15, -0.1) is 0 Å². The second-order valence-electron chi connectivity index (χ2n) is 6.71. The van der Waals surface area contributed by atoms with Crippen molar-refractivity contribution in [3.63, 3.8) is 0 Å². The number of benzene rings is 1. The van der Waals surface area contributed by atoms with Crippen LogP contribution in [-0.4, -0.2) is 38.0 Å². The minimum absolute atomic E-state index is 0.171. The van der Waals surface area contributed by atoms with Crippen LogP contribution in [-0.2, 0) is 17.6 Å². The van der Waals surface area contributed by atoms with Crippen molar-refractivity contribution in [1.82, 2.24) is 16.0 Å². The highest BCUT2D eigenvalue weighted by Gasteiger charge is 2.28. The van der Waals surface area contributed by atoms with Crippen LogP contribution in [0, 0.1) is 5.92 Å². The van der Waals surface area contributed by atoms with Gasteiger partial charge in [0.05, 0.1) is 6.26 Å². The number of nitrogens with zero attached hydrogens (tertiary/aromatic N) is 1.